The second kappa shape index (κ2) is 5.17. The smallest absolute Gasteiger partial charge is 0.180 e. The second-order valence-corrected chi connectivity index (χ2v) is 5.69. The van der Waals surface area contributed by atoms with Crippen LogP contribution < -0.4 is 4.74 Å². The van der Waals surface area contributed by atoms with Gasteiger partial charge >= 0.3 is 0 Å². The number of para-hydroxylation sites is 1. The van der Waals surface area contributed by atoms with Gasteiger partial charge in [0.1, 0.15) is 11.9 Å². The minimum Gasteiger partial charge on any atom is -0.485 e. The van der Waals surface area contributed by atoms with Gasteiger partial charge in [-0.05, 0) is 17.7 Å². The molecule has 0 fully saturated rings. The summed E-state index contributed by atoms with van der Waals surface area (Å²) < 4.78 is 6.03. The molecule has 3 rings (SSSR count). The minimum absolute atomic E-state index is 0.0917. The highest BCUT2D eigenvalue weighted by Crippen LogP contribution is 2.35. The van der Waals surface area contributed by atoms with E-state index >= 15 is 0 Å². The van der Waals surface area contributed by atoms with E-state index < -0.39 is 0 Å². The highest BCUT2D eigenvalue weighted by Gasteiger charge is 2.30. The summed E-state index contributed by atoms with van der Waals surface area (Å²) in [5.41, 5.74) is 1.75. The van der Waals surface area contributed by atoms with Crippen LogP contribution in [0.2, 0.25) is 0 Å². The first kappa shape index (κ1) is 12.4. The molecule has 0 N–H and O–H groups in total. The zero-order valence-electron chi connectivity index (χ0n) is 10.3. The Hall–Kier alpha value is -1.61. The number of fused-ring (bicyclic) bond motifs is 1. The first-order valence-electron chi connectivity index (χ1n) is 6.24. The van der Waals surface area contributed by atoms with Gasteiger partial charge in [0.25, 0.3) is 0 Å². The number of carbonyl (C=O) groups excluding carboxylic acids is 1. The van der Waals surface area contributed by atoms with Crippen molar-refractivity contribution in [2.24, 2.45) is 0 Å². The van der Waals surface area contributed by atoms with Crippen LogP contribution in [0.4, 0.5) is 0 Å². The van der Waals surface area contributed by atoms with E-state index in [1.165, 1.54) is 0 Å². The molecule has 2 atom stereocenters. The number of ether oxygens (including phenoxy) is 1. The van der Waals surface area contributed by atoms with Gasteiger partial charge in [0, 0.05) is 6.42 Å². The third kappa shape index (κ3) is 2.43. The van der Waals surface area contributed by atoms with Crippen molar-refractivity contribution < 1.29 is 9.53 Å². The number of hydrogen-bond acceptors (Lipinski definition) is 2. The molecular weight excluding hydrogens is 304 g/mol. The van der Waals surface area contributed by atoms with Crippen molar-refractivity contribution in [2.75, 3.05) is 0 Å². The van der Waals surface area contributed by atoms with Gasteiger partial charge in [0.2, 0.25) is 0 Å². The molecule has 0 aliphatic carbocycles. The van der Waals surface area contributed by atoms with Crippen LogP contribution in [-0.2, 0) is 0 Å². The monoisotopic (exact) mass is 316 g/mol. The molecule has 19 heavy (non-hydrogen) atoms. The SMILES string of the molecule is O=C1c2ccccc2OC(c2ccccc2)CC1Br. The lowest BCUT2D eigenvalue weighted by molar-refractivity contribution is 0.0987. The Labute approximate surface area is 120 Å². The standard InChI is InChI=1S/C16H13BrO2/c17-13-10-15(11-6-2-1-3-7-11)19-14-9-5-4-8-12(14)16(13)18/h1-9,13,15H,10H2. The quantitative estimate of drug-likeness (QED) is 0.738. The molecule has 0 saturated heterocycles. The van der Waals surface area contributed by atoms with Crippen molar-refractivity contribution in [1.29, 1.82) is 0 Å². The van der Waals surface area contributed by atoms with Crippen LogP contribution in [0.3, 0.4) is 0 Å². The first-order chi connectivity index (χ1) is 9.25. The van der Waals surface area contributed by atoms with E-state index in [0.717, 1.165) is 5.56 Å². The van der Waals surface area contributed by atoms with Crippen LogP contribution in [0.1, 0.15) is 28.4 Å². The molecule has 2 aromatic rings. The third-order valence-corrected chi connectivity index (χ3v) is 4.09. The molecule has 3 heteroatoms. The number of Topliss-reactive ketones (excluding diaryl/α,β-unsaturated/α-hetero) is 1. The minimum atomic E-state index is -0.207. The average molecular weight is 317 g/mol. The van der Waals surface area contributed by atoms with Crippen LogP contribution in [0.15, 0.2) is 54.6 Å². The summed E-state index contributed by atoms with van der Waals surface area (Å²) in [7, 11) is 0. The maximum absolute atomic E-state index is 12.3. The van der Waals surface area contributed by atoms with Gasteiger partial charge in [0.15, 0.2) is 5.78 Å². The third-order valence-electron chi connectivity index (χ3n) is 3.30. The maximum atomic E-state index is 12.3. The Morgan fingerprint density at radius 1 is 1.00 bits per heavy atom. The van der Waals surface area contributed by atoms with E-state index in [4.69, 9.17) is 4.74 Å². The predicted molar refractivity (Wildman–Crippen MR) is 77.9 cm³/mol. The predicted octanol–water partition coefficient (Wildman–Crippen LogP) is 4.16. The fourth-order valence-electron chi connectivity index (χ4n) is 2.31. The number of benzene rings is 2. The molecule has 2 nitrogen and oxygen atoms in total. The lowest BCUT2D eigenvalue weighted by Gasteiger charge is -2.18. The zero-order valence-corrected chi connectivity index (χ0v) is 11.8. The molecule has 96 valence electrons. The largest absolute Gasteiger partial charge is 0.485 e. The lowest BCUT2D eigenvalue weighted by atomic mass is 10.0. The van der Waals surface area contributed by atoms with Crippen molar-refractivity contribution in [3.8, 4) is 5.75 Å². The van der Waals surface area contributed by atoms with E-state index in [-0.39, 0.29) is 16.7 Å². The summed E-state index contributed by atoms with van der Waals surface area (Å²) in [6, 6.07) is 17.4. The molecule has 0 saturated carbocycles. The van der Waals surface area contributed by atoms with Crippen molar-refractivity contribution in [3.63, 3.8) is 0 Å². The number of carbonyl (C=O) groups is 1. The van der Waals surface area contributed by atoms with Gasteiger partial charge in [-0.2, -0.15) is 0 Å². The first-order valence-corrected chi connectivity index (χ1v) is 7.16. The van der Waals surface area contributed by atoms with E-state index in [9.17, 15) is 4.79 Å². The van der Waals surface area contributed by atoms with Gasteiger partial charge in [-0.3, -0.25) is 4.79 Å². The Morgan fingerprint density at radius 2 is 1.68 bits per heavy atom. The Kier molecular flexibility index (Phi) is 3.38. The number of halogens is 1. The summed E-state index contributed by atoms with van der Waals surface area (Å²) in [4.78, 5) is 12.1. The van der Waals surface area contributed by atoms with E-state index in [1.54, 1.807) is 0 Å². The molecule has 0 spiro atoms. The lowest BCUT2D eigenvalue weighted by Crippen LogP contribution is -2.15. The van der Waals surface area contributed by atoms with Crippen LogP contribution in [0.5, 0.6) is 5.75 Å². The summed E-state index contributed by atoms with van der Waals surface area (Å²) >= 11 is 3.48. The van der Waals surface area contributed by atoms with E-state index in [2.05, 4.69) is 15.9 Å². The van der Waals surface area contributed by atoms with Crippen LogP contribution in [-0.4, -0.2) is 10.6 Å². The highest BCUT2D eigenvalue weighted by molar-refractivity contribution is 9.10. The van der Waals surface area contributed by atoms with Crippen LogP contribution >= 0.6 is 15.9 Å². The number of rotatable bonds is 1. The van der Waals surface area contributed by atoms with Gasteiger partial charge in [-0.15, -0.1) is 0 Å². The molecule has 0 radical (unpaired) electrons. The normalized spacial score (nSPS) is 22.3. The Bertz CT molecular complexity index is 595. The molecule has 0 bridgehead atoms. The molecule has 0 amide bonds. The Balaban J connectivity index is 2.01. The number of ketones is 1. The van der Waals surface area contributed by atoms with Crippen LogP contribution in [0, 0.1) is 0 Å². The zero-order chi connectivity index (χ0) is 13.2. The molecule has 2 aromatic carbocycles. The summed E-state index contributed by atoms with van der Waals surface area (Å²) in [6.07, 6.45) is 0.538. The number of alkyl halides is 1. The second-order valence-electron chi connectivity index (χ2n) is 4.58. The molecular formula is C16H13BrO2. The summed E-state index contributed by atoms with van der Waals surface area (Å²) in [5, 5.41) is 0. The van der Waals surface area contributed by atoms with Crippen molar-refractivity contribution in [3.05, 3.63) is 65.7 Å². The number of hydrogen-bond donors (Lipinski definition) is 0. The van der Waals surface area contributed by atoms with Crippen molar-refractivity contribution in [2.45, 2.75) is 17.4 Å². The molecule has 1 aliphatic heterocycles. The van der Waals surface area contributed by atoms with E-state index in [1.807, 2.05) is 54.6 Å². The van der Waals surface area contributed by atoms with Gasteiger partial charge in [0.05, 0.1) is 10.4 Å². The van der Waals surface area contributed by atoms with E-state index in [0.29, 0.717) is 17.7 Å². The fraction of sp³-hybridized carbons (Fsp3) is 0.188. The summed E-state index contributed by atoms with van der Waals surface area (Å²) in [6.45, 7) is 0. The van der Waals surface area contributed by atoms with Gasteiger partial charge in [-0.1, -0.05) is 58.4 Å². The molecule has 1 aliphatic rings. The molecule has 1 heterocycles. The topological polar surface area (TPSA) is 26.3 Å². The van der Waals surface area contributed by atoms with Gasteiger partial charge < -0.3 is 4.74 Å². The van der Waals surface area contributed by atoms with Crippen molar-refractivity contribution >= 4 is 21.7 Å². The Morgan fingerprint density at radius 3 is 2.47 bits per heavy atom. The van der Waals surface area contributed by atoms with Crippen LogP contribution in [0.25, 0.3) is 0 Å². The van der Waals surface area contributed by atoms with Gasteiger partial charge in [-0.25, -0.2) is 0 Å². The van der Waals surface area contributed by atoms with Crippen molar-refractivity contribution in [1.82, 2.24) is 0 Å². The fourth-order valence-corrected chi connectivity index (χ4v) is 2.90. The molecule has 2 unspecified atom stereocenters. The molecule has 0 aromatic heterocycles. The highest BCUT2D eigenvalue weighted by atomic mass is 79.9. The summed E-state index contributed by atoms with van der Waals surface area (Å²) in [5.74, 6) is 0.761. The maximum Gasteiger partial charge on any atom is 0.180 e. The average Bonchev–Trinajstić information content (AvgIpc) is 2.58.